The second-order valence-electron chi connectivity index (χ2n) is 9.58. The molecule has 1 aliphatic rings. The van der Waals surface area contributed by atoms with Crippen LogP contribution in [-0.2, 0) is 0 Å². The third-order valence-corrected chi connectivity index (χ3v) is 6.71. The van der Waals surface area contributed by atoms with Crippen molar-refractivity contribution in [2.75, 3.05) is 31.6 Å². The zero-order valence-corrected chi connectivity index (χ0v) is 21.2. The number of aromatic nitrogens is 3. The first-order valence-corrected chi connectivity index (χ1v) is 12.5. The van der Waals surface area contributed by atoms with Gasteiger partial charge in [0.15, 0.2) is 5.65 Å². The van der Waals surface area contributed by atoms with Gasteiger partial charge in [-0.05, 0) is 61.6 Å². The van der Waals surface area contributed by atoms with Crippen LogP contribution in [0.4, 0.5) is 14.7 Å². The van der Waals surface area contributed by atoms with E-state index in [4.69, 9.17) is 10.7 Å². The van der Waals surface area contributed by atoms with Crippen LogP contribution in [0, 0.1) is 24.5 Å². The second-order valence-corrected chi connectivity index (χ2v) is 9.58. The Morgan fingerprint density at radius 3 is 2.55 bits per heavy atom. The van der Waals surface area contributed by atoms with Gasteiger partial charge in [0.05, 0.1) is 5.69 Å². The lowest BCUT2D eigenvalue weighted by Crippen LogP contribution is -2.28. The Hall–Kier alpha value is -4.18. The van der Waals surface area contributed by atoms with Gasteiger partial charge in [0.2, 0.25) is 5.95 Å². The van der Waals surface area contributed by atoms with Gasteiger partial charge >= 0.3 is 0 Å². The first-order valence-electron chi connectivity index (χ1n) is 12.5. The van der Waals surface area contributed by atoms with Gasteiger partial charge in [-0.2, -0.15) is 4.98 Å². The maximum atomic E-state index is 14.9. The van der Waals surface area contributed by atoms with E-state index in [9.17, 15) is 18.4 Å². The molecule has 8 nitrogen and oxygen atoms in total. The van der Waals surface area contributed by atoms with Crippen LogP contribution in [0.1, 0.15) is 28.8 Å². The van der Waals surface area contributed by atoms with E-state index >= 15 is 0 Å². The molecular weight excluding hydrogens is 490 g/mol. The predicted molar refractivity (Wildman–Crippen MR) is 143 cm³/mol. The minimum Gasteiger partial charge on any atom is -0.352 e. The maximum absolute atomic E-state index is 14.9. The number of amides is 1. The van der Waals surface area contributed by atoms with E-state index in [1.165, 1.54) is 18.2 Å². The maximum Gasteiger partial charge on any atom is 0.256 e. The summed E-state index contributed by atoms with van der Waals surface area (Å²) in [6.45, 7) is 3.23. The molecule has 5 rings (SSSR count). The van der Waals surface area contributed by atoms with Gasteiger partial charge in [0.1, 0.15) is 17.3 Å². The normalized spacial score (nSPS) is 13.1. The number of nitrogens with zero attached hydrogens (tertiary/aromatic N) is 4. The van der Waals surface area contributed by atoms with Crippen molar-refractivity contribution in [1.82, 2.24) is 19.9 Å². The zero-order chi connectivity index (χ0) is 27.0. The number of benzene rings is 2. The summed E-state index contributed by atoms with van der Waals surface area (Å²) in [4.78, 5) is 36.9. The van der Waals surface area contributed by atoms with Gasteiger partial charge < -0.3 is 16.0 Å². The number of pyridine rings is 1. The minimum absolute atomic E-state index is 0.0355. The first kappa shape index (κ1) is 25.5. The Balaban J connectivity index is 1.76. The Morgan fingerprint density at radius 1 is 1.13 bits per heavy atom. The van der Waals surface area contributed by atoms with Crippen molar-refractivity contribution >= 4 is 22.9 Å². The summed E-state index contributed by atoms with van der Waals surface area (Å²) in [6, 6.07) is 11.5. The lowest BCUT2D eigenvalue weighted by molar-refractivity contribution is 0.0952. The second kappa shape index (κ2) is 10.3. The van der Waals surface area contributed by atoms with E-state index in [0.717, 1.165) is 35.1 Å². The van der Waals surface area contributed by atoms with Gasteiger partial charge in [-0.3, -0.25) is 14.2 Å². The quantitative estimate of drug-likeness (QED) is 0.370. The molecular formula is C28H28F2N6O2. The fourth-order valence-corrected chi connectivity index (χ4v) is 4.37. The number of carbonyl (C=O) groups excluding carboxylic acids is 1. The number of hydrogen-bond donors (Lipinski definition) is 2. The smallest absolute Gasteiger partial charge is 0.256 e. The molecule has 38 heavy (non-hydrogen) atoms. The largest absolute Gasteiger partial charge is 0.352 e. The standard InChI is InChI=1S/C28H28F2N6O2/c1-16-6-9-18(27(38)32-15-17-7-8-17)14-20(16)24-19-10-11-23(37)36(25-21(29)4-3-5-22(25)30)26(19)34-28(33-24)35(2)13-12-31/h3-6,9-11,14,17H,7-8,12-13,15,31H2,1-2H3,(H,32,38). The van der Waals surface area contributed by atoms with Crippen molar-refractivity contribution in [3.05, 3.63) is 81.6 Å². The van der Waals surface area contributed by atoms with Crippen molar-refractivity contribution in [2.45, 2.75) is 19.8 Å². The predicted octanol–water partition coefficient (Wildman–Crippen LogP) is 3.57. The highest BCUT2D eigenvalue weighted by Crippen LogP contribution is 2.32. The first-order chi connectivity index (χ1) is 18.3. The molecule has 1 fully saturated rings. The number of carbonyl (C=O) groups is 1. The SMILES string of the molecule is Cc1ccc(C(=O)NCC2CC2)cc1-c1nc(N(C)CCN)nc2c1ccc(=O)n2-c1c(F)cccc1F. The minimum atomic E-state index is -0.901. The highest BCUT2D eigenvalue weighted by Gasteiger charge is 2.24. The van der Waals surface area contributed by atoms with Gasteiger partial charge in [-0.25, -0.2) is 13.8 Å². The van der Waals surface area contributed by atoms with Crippen molar-refractivity contribution in [3.63, 3.8) is 0 Å². The molecule has 10 heteroatoms. The Kier molecular flexibility index (Phi) is 6.90. The van der Waals surface area contributed by atoms with E-state index in [-0.39, 0.29) is 17.5 Å². The van der Waals surface area contributed by atoms with Crippen molar-refractivity contribution in [2.24, 2.45) is 11.7 Å². The molecule has 0 saturated heterocycles. The molecule has 3 N–H and O–H groups in total. The number of anilines is 1. The van der Waals surface area contributed by atoms with Crippen LogP contribution in [0.25, 0.3) is 28.0 Å². The summed E-state index contributed by atoms with van der Waals surface area (Å²) in [5, 5.41) is 3.37. The number of likely N-dealkylation sites (N-methyl/N-ethyl adjacent to an activating group) is 1. The monoisotopic (exact) mass is 518 g/mol. The molecule has 0 bridgehead atoms. The number of halogens is 2. The molecule has 1 amide bonds. The van der Waals surface area contributed by atoms with Crippen LogP contribution < -0.4 is 21.5 Å². The molecule has 0 atom stereocenters. The number of nitrogens with two attached hydrogens (primary N) is 1. The fraction of sp³-hybridized carbons (Fsp3) is 0.286. The third kappa shape index (κ3) is 4.87. The lowest BCUT2D eigenvalue weighted by Gasteiger charge is -2.20. The van der Waals surface area contributed by atoms with Crippen molar-refractivity contribution in [1.29, 1.82) is 0 Å². The van der Waals surface area contributed by atoms with Crippen LogP contribution in [0.3, 0.4) is 0 Å². The Labute approximate surface area is 218 Å². The number of aryl methyl sites for hydroxylation is 1. The number of fused-ring (bicyclic) bond motifs is 1. The molecule has 0 radical (unpaired) electrons. The third-order valence-electron chi connectivity index (χ3n) is 6.71. The molecule has 0 unspecified atom stereocenters. The van der Waals surface area contributed by atoms with E-state index < -0.39 is 22.9 Å². The molecule has 0 aliphatic heterocycles. The van der Waals surface area contributed by atoms with Crippen LogP contribution in [0.2, 0.25) is 0 Å². The topological polar surface area (TPSA) is 106 Å². The summed E-state index contributed by atoms with van der Waals surface area (Å²) in [7, 11) is 1.74. The van der Waals surface area contributed by atoms with Crippen molar-refractivity contribution in [3.8, 4) is 16.9 Å². The molecule has 2 aromatic carbocycles. The van der Waals surface area contributed by atoms with Gasteiger partial charge in [-0.1, -0.05) is 12.1 Å². The van der Waals surface area contributed by atoms with Crippen LogP contribution in [0.5, 0.6) is 0 Å². The Morgan fingerprint density at radius 2 is 1.87 bits per heavy atom. The van der Waals surface area contributed by atoms with E-state index in [1.807, 2.05) is 13.0 Å². The summed E-state index contributed by atoms with van der Waals surface area (Å²) < 4.78 is 30.7. The fourth-order valence-electron chi connectivity index (χ4n) is 4.37. The van der Waals surface area contributed by atoms with Gasteiger partial charge in [-0.15, -0.1) is 0 Å². The highest BCUT2D eigenvalue weighted by atomic mass is 19.1. The summed E-state index contributed by atoms with van der Waals surface area (Å²) in [5.41, 5.74) is 6.96. The molecule has 2 heterocycles. The average Bonchev–Trinajstić information content (AvgIpc) is 3.73. The molecule has 1 saturated carbocycles. The summed E-state index contributed by atoms with van der Waals surface area (Å²) in [5.74, 6) is -1.24. The number of hydrogen-bond acceptors (Lipinski definition) is 6. The number of nitrogens with one attached hydrogen (secondary N) is 1. The van der Waals surface area contributed by atoms with E-state index in [1.54, 1.807) is 24.1 Å². The van der Waals surface area contributed by atoms with Gasteiger partial charge in [0, 0.05) is 49.3 Å². The molecule has 4 aromatic rings. The summed E-state index contributed by atoms with van der Waals surface area (Å²) >= 11 is 0. The summed E-state index contributed by atoms with van der Waals surface area (Å²) in [6.07, 6.45) is 2.24. The Bertz CT molecular complexity index is 1580. The van der Waals surface area contributed by atoms with E-state index in [2.05, 4.69) is 10.3 Å². The van der Waals surface area contributed by atoms with Crippen molar-refractivity contribution < 1.29 is 13.6 Å². The molecule has 1 aliphatic carbocycles. The van der Waals surface area contributed by atoms with Crippen LogP contribution in [0.15, 0.2) is 53.3 Å². The zero-order valence-electron chi connectivity index (χ0n) is 21.2. The number of rotatable bonds is 8. The van der Waals surface area contributed by atoms with Crippen LogP contribution in [-0.4, -0.2) is 47.1 Å². The average molecular weight is 519 g/mol. The molecule has 0 spiro atoms. The molecule has 196 valence electrons. The lowest BCUT2D eigenvalue weighted by atomic mass is 9.99. The highest BCUT2D eigenvalue weighted by molar-refractivity contribution is 5.98. The van der Waals surface area contributed by atoms with Crippen LogP contribution >= 0.6 is 0 Å². The molecule has 2 aromatic heterocycles. The van der Waals surface area contributed by atoms with E-state index in [0.29, 0.717) is 47.8 Å². The van der Waals surface area contributed by atoms with Gasteiger partial charge in [0.25, 0.3) is 11.5 Å². The number of para-hydroxylation sites is 1.